The van der Waals surface area contributed by atoms with Gasteiger partial charge in [-0.3, -0.25) is 5.84 Å². The van der Waals surface area contributed by atoms with Crippen molar-refractivity contribution in [3.8, 4) is 17.5 Å². The van der Waals surface area contributed by atoms with Gasteiger partial charge in [-0.1, -0.05) is 0 Å². The van der Waals surface area contributed by atoms with Crippen molar-refractivity contribution in [2.75, 3.05) is 5.43 Å². The van der Waals surface area contributed by atoms with Gasteiger partial charge < -0.3 is 9.99 Å². The fraction of sp³-hybridized carbons (Fsp3) is 0.0667. The highest BCUT2D eigenvalue weighted by molar-refractivity contribution is 5.83. The minimum atomic E-state index is 0.641. The van der Waals surface area contributed by atoms with Crippen molar-refractivity contribution in [3.05, 3.63) is 48.0 Å². The number of nitrogens with one attached hydrogen (secondary N) is 1. The molecule has 0 spiro atoms. The molecule has 5 heteroatoms. The maximum Gasteiger partial charge on any atom is 0.140 e. The number of hydrazine groups is 1. The second kappa shape index (κ2) is 4.68. The van der Waals surface area contributed by atoms with E-state index in [9.17, 15) is 0 Å². The summed E-state index contributed by atoms with van der Waals surface area (Å²) in [5.41, 5.74) is 6.96. The number of aromatic nitrogens is 2. The Labute approximate surface area is 116 Å². The average molecular weight is 263 g/mol. The van der Waals surface area contributed by atoms with Crippen LogP contribution in [0.2, 0.25) is 0 Å². The van der Waals surface area contributed by atoms with Crippen molar-refractivity contribution in [3.63, 3.8) is 0 Å². The lowest BCUT2D eigenvalue weighted by Crippen LogP contribution is -2.06. The van der Waals surface area contributed by atoms with E-state index < -0.39 is 0 Å². The lowest BCUT2D eigenvalue weighted by molar-refractivity contribution is 0.959. The highest BCUT2D eigenvalue weighted by Gasteiger charge is 2.10. The zero-order valence-corrected chi connectivity index (χ0v) is 11.0. The van der Waals surface area contributed by atoms with E-state index in [1.54, 1.807) is 12.1 Å². The molecule has 0 bridgehead atoms. The molecule has 5 nitrogen and oxygen atoms in total. The molecule has 0 aliphatic rings. The smallest absolute Gasteiger partial charge is 0.140 e. The molecule has 3 aromatic rings. The number of fused-ring (bicyclic) bond motifs is 1. The molecule has 0 atom stereocenters. The Bertz CT molecular complexity index is 809. The summed E-state index contributed by atoms with van der Waals surface area (Å²) < 4.78 is 2.02. The van der Waals surface area contributed by atoms with Gasteiger partial charge in [0, 0.05) is 12.6 Å². The van der Waals surface area contributed by atoms with Crippen LogP contribution in [0.15, 0.2) is 42.5 Å². The van der Waals surface area contributed by atoms with Crippen LogP contribution in [-0.2, 0) is 7.05 Å². The molecule has 0 amide bonds. The largest absolute Gasteiger partial charge is 0.327 e. The number of hydrogen-bond acceptors (Lipinski definition) is 4. The summed E-state index contributed by atoms with van der Waals surface area (Å²) >= 11 is 0. The number of nitrogens with two attached hydrogens (primary N) is 1. The van der Waals surface area contributed by atoms with E-state index in [0.717, 1.165) is 28.1 Å². The first-order valence-electron chi connectivity index (χ1n) is 6.16. The van der Waals surface area contributed by atoms with E-state index in [1.165, 1.54) is 0 Å². The topological polar surface area (TPSA) is 79.7 Å². The molecular formula is C15H13N5. The predicted molar refractivity (Wildman–Crippen MR) is 78.7 cm³/mol. The van der Waals surface area contributed by atoms with Crippen molar-refractivity contribution in [1.82, 2.24) is 9.55 Å². The summed E-state index contributed by atoms with van der Waals surface area (Å²) in [6.45, 7) is 0. The fourth-order valence-electron chi connectivity index (χ4n) is 2.24. The van der Waals surface area contributed by atoms with Gasteiger partial charge in [-0.05, 0) is 42.5 Å². The van der Waals surface area contributed by atoms with Gasteiger partial charge in [0.1, 0.15) is 5.82 Å². The SMILES string of the molecule is Cn1c(-c2ccc(C#N)cc2)nc2cc(NN)ccc21. The number of benzene rings is 2. The van der Waals surface area contributed by atoms with Crippen molar-refractivity contribution in [1.29, 1.82) is 5.26 Å². The van der Waals surface area contributed by atoms with Crippen molar-refractivity contribution in [2.24, 2.45) is 12.9 Å². The van der Waals surface area contributed by atoms with Gasteiger partial charge in [0.2, 0.25) is 0 Å². The first-order valence-corrected chi connectivity index (χ1v) is 6.16. The molecule has 0 fully saturated rings. The number of nitriles is 1. The predicted octanol–water partition coefficient (Wildman–Crippen LogP) is 2.40. The summed E-state index contributed by atoms with van der Waals surface area (Å²) in [4.78, 5) is 4.63. The first kappa shape index (κ1) is 12.2. The molecule has 0 saturated heterocycles. The van der Waals surface area contributed by atoms with Crippen molar-refractivity contribution in [2.45, 2.75) is 0 Å². The molecule has 0 aliphatic heterocycles. The molecule has 0 aliphatic carbocycles. The van der Waals surface area contributed by atoms with Gasteiger partial charge in [-0.2, -0.15) is 5.26 Å². The Morgan fingerprint density at radius 3 is 2.60 bits per heavy atom. The summed E-state index contributed by atoms with van der Waals surface area (Å²) in [5.74, 6) is 6.27. The third-order valence-electron chi connectivity index (χ3n) is 3.32. The summed E-state index contributed by atoms with van der Waals surface area (Å²) in [6, 6.07) is 15.3. The van der Waals surface area contributed by atoms with Crippen LogP contribution in [0.1, 0.15) is 5.56 Å². The van der Waals surface area contributed by atoms with Crippen molar-refractivity contribution >= 4 is 16.7 Å². The Hall–Kier alpha value is -2.84. The quantitative estimate of drug-likeness (QED) is 0.549. The molecule has 3 rings (SSSR count). The maximum atomic E-state index is 8.84. The lowest BCUT2D eigenvalue weighted by Gasteiger charge is -2.02. The number of imidazole rings is 1. The zero-order chi connectivity index (χ0) is 14.1. The van der Waals surface area contributed by atoms with Crippen LogP contribution in [0.4, 0.5) is 5.69 Å². The lowest BCUT2D eigenvalue weighted by atomic mass is 10.1. The number of nitrogen functional groups attached to an aromatic ring is 1. The molecular weight excluding hydrogens is 250 g/mol. The van der Waals surface area contributed by atoms with E-state index in [1.807, 2.05) is 41.9 Å². The number of nitrogens with zero attached hydrogens (tertiary/aromatic N) is 3. The summed E-state index contributed by atoms with van der Waals surface area (Å²) in [7, 11) is 1.97. The molecule has 98 valence electrons. The number of anilines is 1. The normalized spacial score (nSPS) is 10.4. The van der Waals surface area contributed by atoms with Gasteiger partial charge in [0.25, 0.3) is 0 Å². The van der Waals surface area contributed by atoms with E-state index >= 15 is 0 Å². The van der Waals surface area contributed by atoms with Gasteiger partial charge >= 0.3 is 0 Å². The van der Waals surface area contributed by atoms with E-state index in [2.05, 4.69) is 16.5 Å². The third-order valence-corrected chi connectivity index (χ3v) is 3.32. The van der Waals surface area contributed by atoms with Gasteiger partial charge in [-0.25, -0.2) is 4.98 Å². The highest BCUT2D eigenvalue weighted by Crippen LogP contribution is 2.25. The molecule has 0 saturated carbocycles. The number of aryl methyl sites for hydroxylation is 1. The summed E-state index contributed by atoms with van der Waals surface area (Å²) in [6.07, 6.45) is 0. The fourth-order valence-corrected chi connectivity index (χ4v) is 2.24. The van der Waals surface area contributed by atoms with Crippen molar-refractivity contribution < 1.29 is 0 Å². The number of hydrogen-bond donors (Lipinski definition) is 2. The third kappa shape index (κ3) is 1.88. The minimum Gasteiger partial charge on any atom is -0.327 e. The van der Waals surface area contributed by atoms with E-state index in [0.29, 0.717) is 5.56 Å². The molecule has 0 radical (unpaired) electrons. The first-order chi connectivity index (χ1) is 9.72. The van der Waals surface area contributed by atoms with Crippen LogP contribution >= 0.6 is 0 Å². The Morgan fingerprint density at radius 2 is 1.95 bits per heavy atom. The highest BCUT2D eigenvalue weighted by atomic mass is 15.2. The number of rotatable bonds is 2. The van der Waals surface area contributed by atoms with Crippen LogP contribution in [0.3, 0.4) is 0 Å². The Morgan fingerprint density at radius 1 is 1.20 bits per heavy atom. The molecule has 1 heterocycles. The van der Waals surface area contributed by atoms with Crippen LogP contribution in [0, 0.1) is 11.3 Å². The standard InChI is InChI=1S/C15H13N5/c1-20-14-7-6-12(19-17)8-13(14)18-15(20)11-4-2-10(9-16)3-5-11/h2-8,19H,17H2,1H3. The van der Waals surface area contributed by atoms with Gasteiger partial charge in [0.05, 0.1) is 28.4 Å². The van der Waals surface area contributed by atoms with Crippen LogP contribution in [-0.4, -0.2) is 9.55 Å². The maximum absolute atomic E-state index is 8.84. The van der Waals surface area contributed by atoms with Gasteiger partial charge in [0.15, 0.2) is 0 Å². The molecule has 3 N–H and O–H groups in total. The zero-order valence-electron chi connectivity index (χ0n) is 11.0. The molecule has 2 aromatic carbocycles. The van der Waals surface area contributed by atoms with Crippen LogP contribution in [0.25, 0.3) is 22.4 Å². The van der Waals surface area contributed by atoms with E-state index in [4.69, 9.17) is 11.1 Å². The van der Waals surface area contributed by atoms with E-state index in [-0.39, 0.29) is 0 Å². The second-order valence-electron chi connectivity index (χ2n) is 4.53. The molecule has 20 heavy (non-hydrogen) atoms. The van der Waals surface area contributed by atoms with Crippen LogP contribution in [0.5, 0.6) is 0 Å². The molecule has 1 aromatic heterocycles. The summed E-state index contributed by atoms with van der Waals surface area (Å²) in [5, 5.41) is 8.84. The second-order valence-corrected chi connectivity index (χ2v) is 4.53. The van der Waals surface area contributed by atoms with Crippen LogP contribution < -0.4 is 11.3 Å². The Kier molecular flexibility index (Phi) is 2.86. The minimum absolute atomic E-state index is 0.641. The average Bonchev–Trinajstić information content (AvgIpc) is 2.84. The Balaban J connectivity index is 2.15. The monoisotopic (exact) mass is 263 g/mol. The molecule has 0 unspecified atom stereocenters. The van der Waals surface area contributed by atoms with Gasteiger partial charge in [-0.15, -0.1) is 0 Å².